The van der Waals surface area contributed by atoms with Crippen molar-refractivity contribution in [2.24, 2.45) is 0 Å². The first kappa shape index (κ1) is 17.2. The van der Waals surface area contributed by atoms with Gasteiger partial charge in [0.25, 0.3) is 0 Å². The van der Waals surface area contributed by atoms with Gasteiger partial charge in [0.15, 0.2) is 0 Å². The van der Waals surface area contributed by atoms with Crippen molar-refractivity contribution < 1.29 is 13.2 Å². The molecule has 0 aromatic heterocycles. The molecule has 2 aromatic rings. The van der Waals surface area contributed by atoms with E-state index >= 15 is 0 Å². The van der Waals surface area contributed by atoms with Crippen LogP contribution in [0.1, 0.15) is 11.1 Å². The molecule has 2 rings (SSSR count). The molecule has 0 saturated heterocycles. The minimum Gasteiger partial charge on any atom is -0.351 e. The van der Waals surface area contributed by atoms with Gasteiger partial charge in [0.05, 0.1) is 11.4 Å². The minimum atomic E-state index is -3.65. The summed E-state index contributed by atoms with van der Waals surface area (Å²) in [5.41, 5.74) is 2.09. The summed E-state index contributed by atoms with van der Waals surface area (Å²) in [6.45, 7) is 2.13. The van der Waals surface area contributed by atoms with Crippen LogP contribution in [0.3, 0.4) is 0 Å². The molecule has 0 fully saturated rings. The summed E-state index contributed by atoms with van der Waals surface area (Å²) < 4.78 is 25.7. The number of hydrogen-bond donors (Lipinski definition) is 1. The van der Waals surface area contributed by atoms with Crippen molar-refractivity contribution in [3.63, 3.8) is 0 Å². The molecule has 0 spiro atoms. The number of nitrogens with zero attached hydrogens (tertiary/aromatic N) is 1. The molecule has 0 aliphatic rings. The number of likely N-dealkylation sites (N-methyl/N-ethyl adjacent to an activating group) is 1. The highest BCUT2D eigenvalue weighted by Crippen LogP contribution is 2.13. The van der Waals surface area contributed by atoms with Gasteiger partial charge in [0, 0.05) is 13.6 Å². The second-order valence-corrected chi connectivity index (χ2v) is 7.32. The monoisotopic (exact) mass is 332 g/mol. The largest absolute Gasteiger partial charge is 0.351 e. The van der Waals surface area contributed by atoms with Crippen molar-refractivity contribution in [2.45, 2.75) is 18.4 Å². The fourth-order valence-corrected chi connectivity index (χ4v) is 3.27. The Morgan fingerprint density at radius 1 is 1.04 bits per heavy atom. The van der Waals surface area contributed by atoms with Gasteiger partial charge in [-0.2, -0.15) is 4.31 Å². The molecule has 122 valence electrons. The van der Waals surface area contributed by atoms with Crippen molar-refractivity contribution in [1.82, 2.24) is 9.62 Å². The van der Waals surface area contributed by atoms with E-state index in [1.807, 2.05) is 31.2 Å². The number of carbonyl (C=O) groups excluding carboxylic acids is 1. The lowest BCUT2D eigenvalue weighted by molar-refractivity contribution is -0.121. The van der Waals surface area contributed by atoms with E-state index in [2.05, 4.69) is 5.32 Å². The molecule has 23 heavy (non-hydrogen) atoms. The summed E-state index contributed by atoms with van der Waals surface area (Å²) in [5, 5.41) is 2.75. The van der Waals surface area contributed by atoms with E-state index in [0.717, 1.165) is 15.4 Å². The van der Waals surface area contributed by atoms with Crippen LogP contribution in [-0.4, -0.2) is 32.2 Å². The second kappa shape index (κ2) is 7.39. The molecule has 1 N–H and O–H groups in total. The predicted octanol–water partition coefficient (Wildman–Crippen LogP) is 1.93. The molecule has 1 amide bonds. The number of amides is 1. The van der Waals surface area contributed by atoms with Gasteiger partial charge in [-0.25, -0.2) is 8.42 Å². The van der Waals surface area contributed by atoms with Crippen molar-refractivity contribution in [1.29, 1.82) is 0 Å². The Bertz CT molecular complexity index is 773. The molecule has 0 saturated carbocycles. The molecule has 0 aliphatic carbocycles. The average molecular weight is 332 g/mol. The number of sulfonamides is 1. The molecule has 6 heteroatoms. The van der Waals surface area contributed by atoms with Crippen LogP contribution in [0.2, 0.25) is 0 Å². The lowest BCUT2D eigenvalue weighted by Crippen LogP contribution is -2.38. The first-order valence-corrected chi connectivity index (χ1v) is 8.68. The topological polar surface area (TPSA) is 66.5 Å². The van der Waals surface area contributed by atoms with E-state index < -0.39 is 10.0 Å². The third kappa shape index (κ3) is 4.40. The lowest BCUT2D eigenvalue weighted by atomic mass is 10.1. The van der Waals surface area contributed by atoms with Crippen LogP contribution in [-0.2, 0) is 21.4 Å². The number of rotatable bonds is 6. The maximum atomic E-state index is 12.3. The standard InChI is InChI=1S/C17H20N2O3S/c1-14-8-6-7-9-15(14)12-18-17(20)13-19(2)23(21,22)16-10-4-3-5-11-16/h3-11H,12-13H2,1-2H3,(H,18,20). The van der Waals surface area contributed by atoms with E-state index in [1.54, 1.807) is 18.2 Å². The lowest BCUT2D eigenvalue weighted by Gasteiger charge is -2.17. The van der Waals surface area contributed by atoms with Crippen LogP contribution >= 0.6 is 0 Å². The number of hydrogen-bond acceptors (Lipinski definition) is 3. The molecular weight excluding hydrogens is 312 g/mol. The van der Waals surface area contributed by atoms with Gasteiger partial charge < -0.3 is 5.32 Å². The highest BCUT2D eigenvalue weighted by molar-refractivity contribution is 7.89. The second-order valence-electron chi connectivity index (χ2n) is 5.28. The summed E-state index contributed by atoms with van der Waals surface area (Å²) in [6.07, 6.45) is 0. The van der Waals surface area contributed by atoms with Crippen molar-refractivity contribution in [3.8, 4) is 0 Å². The molecular formula is C17H20N2O3S. The molecule has 0 heterocycles. The van der Waals surface area contributed by atoms with E-state index in [-0.39, 0.29) is 17.3 Å². The highest BCUT2D eigenvalue weighted by atomic mass is 32.2. The van der Waals surface area contributed by atoms with Crippen LogP contribution in [0.4, 0.5) is 0 Å². The molecule has 0 bridgehead atoms. The Kier molecular flexibility index (Phi) is 5.52. The Morgan fingerprint density at radius 3 is 2.30 bits per heavy atom. The van der Waals surface area contributed by atoms with Crippen molar-refractivity contribution >= 4 is 15.9 Å². The van der Waals surface area contributed by atoms with E-state index in [9.17, 15) is 13.2 Å². The van der Waals surface area contributed by atoms with Gasteiger partial charge in [0.2, 0.25) is 15.9 Å². The van der Waals surface area contributed by atoms with Gasteiger partial charge in [0.1, 0.15) is 0 Å². The SMILES string of the molecule is Cc1ccccc1CNC(=O)CN(C)S(=O)(=O)c1ccccc1. The number of aryl methyl sites for hydroxylation is 1. The van der Waals surface area contributed by atoms with Gasteiger partial charge in [-0.05, 0) is 30.2 Å². The number of benzene rings is 2. The van der Waals surface area contributed by atoms with Crippen molar-refractivity contribution in [2.75, 3.05) is 13.6 Å². The number of nitrogens with one attached hydrogen (secondary N) is 1. The van der Waals surface area contributed by atoms with E-state index in [0.29, 0.717) is 6.54 Å². The molecule has 0 radical (unpaired) electrons. The molecule has 2 aromatic carbocycles. The zero-order chi connectivity index (χ0) is 16.9. The molecule has 0 atom stereocenters. The molecule has 0 unspecified atom stereocenters. The average Bonchev–Trinajstić information content (AvgIpc) is 2.55. The highest BCUT2D eigenvalue weighted by Gasteiger charge is 2.22. The first-order valence-electron chi connectivity index (χ1n) is 7.24. The Hall–Kier alpha value is -2.18. The maximum Gasteiger partial charge on any atom is 0.243 e. The summed E-state index contributed by atoms with van der Waals surface area (Å²) in [6, 6.07) is 15.8. The van der Waals surface area contributed by atoms with Gasteiger partial charge in [-0.15, -0.1) is 0 Å². The number of carbonyl (C=O) groups is 1. The molecule has 0 aliphatic heterocycles. The van der Waals surface area contributed by atoms with Gasteiger partial charge in [-0.1, -0.05) is 42.5 Å². The third-order valence-corrected chi connectivity index (χ3v) is 5.37. The summed E-state index contributed by atoms with van der Waals surface area (Å²) in [7, 11) is -2.25. The Labute approximate surface area is 137 Å². The quantitative estimate of drug-likeness (QED) is 0.879. The fourth-order valence-electron chi connectivity index (χ4n) is 2.12. The van der Waals surface area contributed by atoms with Crippen LogP contribution < -0.4 is 5.32 Å². The van der Waals surface area contributed by atoms with Gasteiger partial charge in [-0.3, -0.25) is 4.79 Å². The third-order valence-electron chi connectivity index (χ3n) is 3.55. The van der Waals surface area contributed by atoms with Crippen molar-refractivity contribution in [3.05, 3.63) is 65.7 Å². The fraction of sp³-hybridized carbons (Fsp3) is 0.235. The zero-order valence-corrected chi connectivity index (χ0v) is 14.0. The normalized spacial score (nSPS) is 11.4. The zero-order valence-electron chi connectivity index (χ0n) is 13.2. The summed E-state index contributed by atoms with van der Waals surface area (Å²) >= 11 is 0. The maximum absolute atomic E-state index is 12.3. The summed E-state index contributed by atoms with van der Waals surface area (Å²) in [5.74, 6) is -0.338. The van der Waals surface area contributed by atoms with Crippen LogP contribution in [0.25, 0.3) is 0 Å². The molecule has 5 nitrogen and oxygen atoms in total. The minimum absolute atomic E-state index is 0.175. The van der Waals surface area contributed by atoms with E-state index in [4.69, 9.17) is 0 Å². The van der Waals surface area contributed by atoms with Gasteiger partial charge >= 0.3 is 0 Å². The van der Waals surface area contributed by atoms with Crippen LogP contribution in [0.5, 0.6) is 0 Å². The summed E-state index contributed by atoms with van der Waals surface area (Å²) in [4.78, 5) is 12.2. The van der Waals surface area contributed by atoms with Crippen LogP contribution in [0, 0.1) is 6.92 Å². The Morgan fingerprint density at radius 2 is 1.65 bits per heavy atom. The van der Waals surface area contributed by atoms with Crippen LogP contribution in [0.15, 0.2) is 59.5 Å². The smallest absolute Gasteiger partial charge is 0.243 e. The Balaban J connectivity index is 1.96. The predicted molar refractivity (Wildman–Crippen MR) is 89.3 cm³/mol. The first-order chi connectivity index (χ1) is 10.9. The van der Waals surface area contributed by atoms with E-state index in [1.165, 1.54) is 19.2 Å².